The van der Waals surface area contributed by atoms with E-state index < -0.39 is 6.10 Å². The standard InChI is InChI=1S/C70H120O6/c1-4-7-10-13-16-18-20-22-24-26-28-29-30-31-32-33-34-35-36-37-38-39-40-41-43-44-46-48-50-52-54-57-60-63-69(72)75-66-67(65-74-68(71)62-59-56-15-12-9-6-3)76-70(73)64-61-58-55-53-51-49-47-45-42-27-25-23-21-19-17-14-11-8-5-2/h7,10,16,18,22,24,28-29,31-32,34-35,37-38,40-41,67H,4-6,8-9,11-15,17,19-21,23,25-27,30,33,36,39,42-66H2,1-3H3/b10-7-,18-16-,24-22-,29-28-,32-31-,35-34-,38-37-,41-40-. The summed E-state index contributed by atoms with van der Waals surface area (Å²) in [6, 6.07) is 0. The molecule has 0 aliphatic heterocycles. The van der Waals surface area contributed by atoms with Gasteiger partial charge in [0.25, 0.3) is 0 Å². The van der Waals surface area contributed by atoms with Gasteiger partial charge >= 0.3 is 17.9 Å². The van der Waals surface area contributed by atoms with Gasteiger partial charge in [-0.3, -0.25) is 14.4 Å². The van der Waals surface area contributed by atoms with Crippen LogP contribution in [0.3, 0.4) is 0 Å². The van der Waals surface area contributed by atoms with Crippen molar-refractivity contribution in [3.05, 3.63) is 97.2 Å². The fraction of sp³-hybridized carbons (Fsp3) is 0.729. The second-order valence-electron chi connectivity index (χ2n) is 21.3. The van der Waals surface area contributed by atoms with Gasteiger partial charge in [-0.25, -0.2) is 0 Å². The van der Waals surface area contributed by atoms with Gasteiger partial charge in [-0.05, 0) is 83.5 Å². The normalized spacial score (nSPS) is 12.7. The van der Waals surface area contributed by atoms with E-state index in [-0.39, 0.29) is 31.1 Å². The van der Waals surface area contributed by atoms with Gasteiger partial charge in [0, 0.05) is 19.3 Å². The van der Waals surface area contributed by atoms with Crippen molar-refractivity contribution in [3.63, 3.8) is 0 Å². The van der Waals surface area contributed by atoms with E-state index in [1.807, 2.05) is 0 Å². The van der Waals surface area contributed by atoms with Crippen molar-refractivity contribution in [1.29, 1.82) is 0 Å². The van der Waals surface area contributed by atoms with Crippen LogP contribution in [0.15, 0.2) is 97.2 Å². The minimum atomic E-state index is -0.776. The summed E-state index contributed by atoms with van der Waals surface area (Å²) in [5.41, 5.74) is 0. The molecule has 436 valence electrons. The van der Waals surface area contributed by atoms with Crippen LogP contribution in [0.25, 0.3) is 0 Å². The molecule has 76 heavy (non-hydrogen) atoms. The van der Waals surface area contributed by atoms with Crippen molar-refractivity contribution in [2.75, 3.05) is 13.2 Å². The Morgan fingerprint density at radius 3 is 0.803 bits per heavy atom. The fourth-order valence-corrected chi connectivity index (χ4v) is 9.05. The minimum Gasteiger partial charge on any atom is -0.462 e. The third kappa shape index (κ3) is 61.2. The predicted octanol–water partition coefficient (Wildman–Crippen LogP) is 22.0. The molecule has 0 aromatic carbocycles. The lowest BCUT2D eigenvalue weighted by molar-refractivity contribution is -0.167. The molecule has 0 aliphatic carbocycles. The average Bonchev–Trinajstić information content (AvgIpc) is 3.42. The van der Waals surface area contributed by atoms with E-state index >= 15 is 0 Å². The Kier molecular flexibility index (Phi) is 60.8. The highest BCUT2D eigenvalue weighted by Crippen LogP contribution is 2.17. The van der Waals surface area contributed by atoms with Gasteiger partial charge in [-0.15, -0.1) is 0 Å². The predicted molar refractivity (Wildman–Crippen MR) is 330 cm³/mol. The van der Waals surface area contributed by atoms with Gasteiger partial charge < -0.3 is 14.2 Å². The Hall–Kier alpha value is -3.67. The molecule has 0 rings (SSSR count). The first-order chi connectivity index (χ1) is 37.5. The van der Waals surface area contributed by atoms with Crippen LogP contribution in [-0.4, -0.2) is 37.2 Å². The zero-order valence-corrected chi connectivity index (χ0v) is 50.0. The van der Waals surface area contributed by atoms with Crippen molar-refractivity contribution >= 4 is 17.9 Å². The molecule has 0 saturated heterocycles. The van der Waals surface area contributed by atoms with Crippen LogP contribution >= 0.6 is 0 Å². The Morgan fingerprint density at radius 2 is 0.513 bits per heavy atom. The van der Waals surface area contributed by atoms with Crippen LogP contribution in [-0.2, 0) is 28.6 Å². The Bertz CT molecular complexity index is 1490. The third-order valence-corrected chi connectivity index (χ3v) is 13.9. The first-order valence-corrected chi connectivity index (χ1v) is 32.2. The maximum atomic E-state index is 12.8. The number of carbonyl (C=O) groups is 3. The molecular weight excluding hydrogens is 937 g/mol. The highest BCUT2D eigenvalue weighted by Gasteiger charge is 2.19. The van der Waals surface area contributed by atoms with E-state index in [4.69, 9.17) is 14.2 Å². The van der Waals surface area contributed by atoms with Crippen LogP contribution in [0.4, 0.5) is 0 Å². The number of hydrogen-bond acceptors (Lipinski definition) is 6. The lowest BCUT2D eigenvalue weighted by Crippen LogP contribution is -2.30. The van der Waals surface area contributed by atoms with Gasteiger partial charge in [0.05, 0.1) is 0 Å². The lowest BCUT2D eigenvalue weighted by Gasteiger charge is -2.18. The van der Waals surface area contributed by atoms with Crippen LogP contribution < -0.4 is 0 Å². The van der Waals surface area contributed by atoms with E-state index in [0.29, 0.717) is 19.3 Å². The Balaban J connectivity index is 4.09. The molecule has 0 fully saturated rings. The first-order valence-electron chi connectivity index (χ1n) is 32.2. The first kappa shape index (κ1) is 72.3. The van der Waals surface area contributed by atoms with E-state index in [9.17, 15) is 14.4 Å². The zero-order valence-electron chi connectivity index (χ0n) is 50.0. The van der Waals surface area contributed by atoms with Crippen LogP contribution in [0.5, 0.6) is 0 Å². The van der Waals surface area contributed by atoms with Crippen molar-refractivity contribution in [3.8, 4) is 0 Å². The molecule has 0 aromatic heterocycles. The zero-order chi connectivity index (χ0) is 55.0. The molecule has 0 heterocycles. The average molecular weight is 1060 g/mol. The highest BCUT2D eigenvalue weighted by molar-refractivity contribution is 5.71. The maximum Gasteiger partial charge on any atom is 0.306 e. The van der Waals surface area contributed by atoms with Crippen LogP contribution in [0, 0.1) is 0 Å². The van der Waals surface area contributed by atoms with Crippen molar-refractivity contribution in [2.45, 2.75) is 316 Å². The van der Waals surface area contributed by atoms with Gasteiger partial charge in [-0.1, -0.05) is 304 Å². The summed E-state index contributed by atoms with van der Waals surface area (Å²) in [7, 11) is 0. The molecule has 1 unspecified atom stereocenters. The summed E-state index contributed by atoms with van der Waals surface area (Å²) < 4.78 is 16.8. The highest BCUT2D eigenvalue weighted by atomic mass is 16.6. The molecule has 0 radical (unpaired) electrons. The van der Waals surface area contributed by atoms with Gasteiger partial charge in [0.15, 0.2) is 6.10 Å². The number of esters is 3. The number of ether oxygens (including phenoxy) is 3. The molecule has 1 atom stereocenters. The van der Waals surface area contributed by atoms with Crippen molar-refractivity contribution in [1.82, 2.24) is 0 Å². The van der Waals surface area contributed by atoms with Crippen molar-refractivity contribution < 1.29 is 28.6 Å². The second kappa shape index (κ2) is 63.9. The van der Waals surface area contributed by atoms with Crippen LogP contribution in [0.2, 0.25) is 0 Å². The molecule has 0 saturated carbocycles. The summed E-state index contributed by atoms with van der Waals surface area (Å²) in [5.74, 6) is -0.884. The minimum absolute atomic E-state index is 0.0766. The number of allylic oxidation sites excluding steroid dienone is 16. The number of carbonyl (C=O) groups excluding carboxylic acids is 3. The number of rotatable bonds is 58. The van der Waals surface area contributed by atoms with E-state index in [2.05, 4.69) is 118 Å². The summed E-state index contributed by atoms with van der Waals surface area (Å²) >= 11 is 0. The fourth-order valence-electron chi connectivity index (χ4n) is 9.05. The maximum absolute atomic E-state index is 12.8. The molecule has 0 aliphatic rings. The van der Waals surface area contributed by atoms with Crippen LogP contribution in [0.1, 0.15) is 310 Å². The second-order valence-corrected chi connectivity index (χ2v) is 21.3. The number of hydrogen-bond donors (Lipinski definition) is 0. The third-order valence-electron chi connectivity index (χ3n) is 13.9. The summed E-state index contributed by atoms with van der Waals surface area (Å²) in [6.07, 6.45) is 85.9. The smallest absolute Gasteiger partial charge is 0.306 e. The molecule has 6 nitrogen and oxygen atoms in total. The van der Waals surface area contributed by atoms with E-state index in [0.717, 1.165) is 116 Å². The molecule has 0 bridgehead atoms. The quantitative estimate of drug-likeness (QED) is 0.0261. The van der Waals surface area contributed by atoms with Gasteiger partial charge in [0.1, 0.15) is 13.2 Å². The van der Waals surface area contributed by atoms with E-state index in [1.54, 1.807) is 0 Å². The summed E-state index contributed by atoms with van der Waals surface area (Å²) in [5, 5.41) is 0. The largest absolute Gasteiger partial charge is 0.462 e. The SMILES string of the molecule is CC/C=C\C/C=C\C/C=C\C/C=C\C/C=C\C/C=C\C/C=C\C/C=C\CCCCCCCCCCC(=O)OCC(COC(=O)CCCCCCCC)OC(=O)CCCCCCCCCCCCCCCCCCCCC. The van der Waals surface area contributed by atoms with E-state index in [1.165, 1.54) is 154 Å². The number of unbranched alkanes of at least 4 members (excludes halogenated alkanes) is 31. The molecule has 0 spiro atoms. The molecule has 6 heteroatoms. The molecular formula is C70H120O6. The molecule has 0 N–H and O–H groups in total. The lowest BCUT2D eigenvalue weighted by atomic mass is 10.0. The van der Waals surface area contributed by atoms with Gasteiger partial charge in [-0.2, -0.15) is 0 Å². The topological polar surface area (TPSA) is 78.9 Å². The molecule has 0 amide bonds. The Labute approximate surface area is 470 Å². The van der Waals surface area contributed by atoms with Crippen molar-refractivity contribution in [2.24, 2.45) is 0 Å². The van der Waals surface area contributed by atoms with Gasteiger partial charge in [0.2, 0.25) is 0 Å². The summed E-state index contributed by atoms with van der Waals surface area (Å²) in [4.78, 5) is 38.0. The molecule has 0 aromatic rings. The Morgan fingerprint density at radius 1 is 0.276 bits per heavy atom. The monoisotopic (exact) mass is 1060 g/mol. The summed E-state index contributed by atoms with van der Waals surface area (Å²) in [6.45, 7) is 6.49.